The average molecular weight is 466 g/mol. The van der Waals surface area contributed by atoms with Gasteiger partial charge in [-0.05, 0) is 29.3 Å². The molecular formula is C23H20ClN5O4. The highest BCUT2D eigenvalue weighted by Crippen LogP contribution is 2.15. The minimum Gasteiger partial charge on any atom is -0.497 e. The van der Waals surface area contributed by atoms with Crippen LogP contribution >= 0.6 is 11.6 Å². The van der Waals surface area contributed by atoms with Crippen molar-refractivity contribution in [2.75, 3.05) is 7.11 Å². The van der Waals surface area contributed by atoms with Crippen LogP contribution in [0.25, 0.3) is 11.2 Å². The van der Waals surface area contributed by atoms with E-state index < -0.39 is 17.2 Å². The molecule has 0 bridgehead atoms. The van der Waals surface area contributed by atoms with E-state index in [1.807, 2.05) is 6.07 Å². The number of rotatable bonds is 7. The predicted octanol–water partition coefficient (Wildman–Crippen LogP) is 1.98. The third-order valence-electron chi connectivity index (χ3n) is 5.05. The predicted molar refractivity (Wildman–Crippen MR) is 123 cm³/mol. The van der Waals surface area contributed by atoms with E-state index in [0.29, 0.717) is 16.3 Å². The Bertz CT molecular complexity index is 1450. The zero-order valence-corrected chi connectivity index (χ0v) is 18.5. The SMILES string of the molecule is COc1cccc(Cn2c(=O)c3nccnc3n(CC(=O)NCc3ccccc3Cl)c2=O)c1. The number of nitrogens with zero attached hydrogens (tertiary/aromatic N) is 4. The van der Waals surface area contributed by atoms with Crippen molar-refractivity contribution in [3.05, 3.63) is 97.9 Å². The smallest absolute Gasteiger partial charge is 0.333 e. The van der Waals surface area contributed by atoms with Crippen molar-refractivity contribution in [2.24, 2.45) is 0 Å². The number of methoxy groups -OCH3 is 1. The second-order valence-electron chi connectivity index (χ2n) is 7.21. The first-order chi connectivity index (χ1) is 16.0. The quantitative estimate of drug-likeness (QED) is 0.447. The van der Waals surface area contributed by atoms with Gasteiger partial charge >= 0.3 is 5.69 Å². The van der Waals surface area contributed by atoms with Crippen LogP contribution in [0.3, 0.4) is 0 Å². The first-order valence-corrected chi connectivity index (χ1v) is 10.4. The van der Waals surface area contributed by atoms with Crippen molar-refractivity contribution in [3.8, 4) is 5.75 Å². The Hall–Kier alpha value is -3.98. The van der Waals surface area contributed by atoms with Gasteiger partial charge in [0.25, 0.3) is 5.56 Å². The highest BCUT2D eigenvalue weighted by Gasteiger charge is 2.17. The summed E-state index contributed by atoms with van der Waals surface area (Å²) in [5.41, 5.74) is 0.225. The van der Waals surface area contributed by atoms with Crippen LogP contribution in [0, 0.1) is 0 Å². The molecule has 0 atom stereocenters. The van der Waals surface area contributed by atoms with Gasteiger partial charge in [0, 0.05) is 24.0 Å². The Morgan fingerprint density at radius 1 is 1.06 bits per heavy atom. The van der Waals surface area contributed by atoms with Crippen molar-refractivity contribution in [1.29, 1.82) is 0 Å². The fraction of sp³-hybridized carbons (Fsp3) is 0.174. The van der Waals surface area contributed by atoms with Crippen molar-refractivity contribution in [3.63, 3.8) is 0 Å². The summed E-state index contributed by atoms with van der Waals surface area (Å²) in [6.07, 6.45) is 2.73. The van der Waals surface area contributed by atoms with Crippen molar-refractivity contribution in [2.45, 2.75) is 19.6 Å². The number of carbonyl (C=O) groups excluding carboxylic acids is 1. The normalized spacial score (nSPS) is 10.8. The molecule has 0 aliphatic rings. The van der Waals surface area contributed by atoms with Crippen LogP contribution in [0.2, 0.25) is 5.02 Å². The van der Waals surface area contributed by atoms with E-state index in [0.717, 1.165) is 14.7 Å². The van der Waals surface area contributed by atoms with E-state index >= 15 is 0 Å². The maximum atomic E-state index is 13.3. The minimum absolute atomic E-state index is 0.00102. The number of nitrogens with one attached hydrogen (secondary N) is 1. The fourth-order valence-electron chi connectivity index (χ4n) is 3.40. The molecule has 4 rings (SSSR count). The first-order valence-electron chi connectivity index (χ1n) is 10.1. The molecule has 4 aromatic rings. The Labute approximate surface area is 193 Å². The number of benzene rings is 2. The van der Waals surface area contributed by atoms with Crippen LogP contribution in [0.5, 0.6) is 5.75 Å². The highest BCUT2D eigenvalue weighted by molar-refractivity contribution is 6.31. The molecule has 2 aromatic carbocycles. The second kappa shape index (κ2) is 9.66. The highest BCUT2D eigenvalue weighted by atomic mass is 35.5. The van der Waals surface area contributed by atoms with Crippen LogP contribution in [0.4, 0.5) is 0 Å². The number of hydrogen-bond acceptors (Lipinski definition) is 6. The number of halogens is 1. The lowest BCUT2D eigenvalue weighted by Crippen LogP contribution is -2.43. The molecule has 168 valence electrons. The number of fused-ring (bicyclic) bond motifs is 1. The molecule has 2 heterocycles. The van der Waals surface area contributed by atoms with E-state index in [9.17, 15) is 14.4 Å². The van der Waals surface area contributed by atoms with Crippen molar-refractivity contribution >= 4 is 28.7 Å². The molecule has 0 spiro atoms. The van der Waals surface area contributed by atoms with E-state index in [-0.39, 0.29) is 30.8 Å². The van der Waals surface area contributed by atoms with Gasteiger partial charge in [0.05, 0.1) is 13.7 Å². The summed E-state index contributed by atoms with van der Waals surface area (Å²) in [7, 11) is 1.53. The van der Waals surface area contributed by atoms with Gasteiger partial charge in [0.2, 0.25) is 5.91 Å². The van der Waals surface area contributed by atoms with Crippen molar-refractivity contribution < 1.29 is 9.53 Å². The Kier molecular flexibility index (Phi) is 6.50. The molecule has 2 aromatic heterocycles. The standard InChI is InChI=1S/C23H20ClN5O4/c1-33-17-7-4-5-15(11-17)13-29-22(31)20-21(26-10-9-25-20)28(23(29)32)14-19(30)27-12-16-6-2-3-8-18(16)24/h2-11H,12-14H2,1H3,(H,27,30). The monoisotopic (exact) mass is 465 g/mol. The molecule has 0 fully saturated rings. The summed E-state index contributed by atoms with van der Waals surface area (Å²) in [4.78, 5) is 47.1. The van der Waals surface area contributed by atoms with Gasteiger partial charge < -0.3 is 10.1 Å². The largest absolute Gasteiger partial charge is 0.497 e. The van der Waals surface area contributed by atoms with Gasteiger partial charge in [-0.15, -0.1) is 0 Å². The lowest BCUT2D eigenvalue weighted by Gasteiger charge is -2.13. The maximum Gasteiger partial charge on any atom is 0.333 e. The third-order valence-corrected chi connectivity index (χ3v) is 5.42. The van der Waals surface area contributed by atoms with Gasteiger partial charge in [-0.1, -0.05) is 41.9 Å². The van der Waals surface area contributed by atoms with Crippen LogP contribution in [0.1, 0.15) is 11.1 Å². The van der Waals surface area contributed by atoms with Crippen LogP contribution in [-0.2, 0) is 24.4 Å². The second-order valence-corrected chi connectivity index (χ2v) is 7.62. The minimum atomic E-state index is -0.663. The summed E-state index contributed by atoms with van der Waals surface area (Å²) in [5.74, 6) is 0.163. The molecule has 0 aliphatic carbocycles. The van der Waals surface area contributed by atoms with E-state index in [4.69, 9.17) is 16.3 Å². The molecular weight excluding hydrogens is 446 g/mol. The molecule has 0 saturated heterocycles. The van der Waals surface area contributed by atoms with Crippen molar-refractivity contribution in [1.82, 2.24) is 24.4 Å². The molecule has 1 N–H and O–H groups in total. The molecule has 0 radical (unpaired) electrons. The molecule has 33 heavy (non-hydrogen) atoms. The summed E-state index contributed by atoms with van der Waals surface area (Å²) in [6, 6.07) is 14.2. The summed E-state index contributed by atoms with van der Waals surface area (Å²) in [5, 5.41) is 3.27. The van der Waals surface area contributed by atoms with Gasteiger partial charge in [0.1, 0.15) is 12.3 Å². The van der Waals surface area contributed by atoms with Gasteiger partial charge in [0.15, 0.2) is 11.2 Å². The number of hydrogen-bond donors (Lipinski definition) is 1. The summed E-state index contributed by atoms with van der Waals surface area (Å²) in [6.45, 7) is -0.153. The van der Waals surface area contributed by atoms with E-state index in [1.165, 1.54) is 19.5 Å². The Morgan fingerprint density at radius 2 is 1.85 bits per heavy atom. The fourth-order valence-corrected chi connectivity index (χ4v) is 3.60. The zero-order chi connectivity index (χ0) is 23.4. The molecule has 10 heteroatoms. The number of ether oxygens (including phenoxy) is 1. The first kappa shape index (κ1) is 22.2. The lowest BCUT2D eigenvalue weighted by molar-refractivity contribution is -0.121. The Morgan fingerprint density at radius 3 is 2.64 bits per heavy atom. The van der Waals surface area contributed by atoms with E-state index in [2.05, 4.69) is 15.3 Å². The topological polar surface area (TPSA) is 108 Å². The molecule has 0 aliphatic heterocycles. The number of aromatic nitrogens is 4. The van der Waals surface area contributed by atoms with Gasteiger partial charge in [-0.2, -0.15) is 0 Å². The lowest BCUT2D eigenvalue weighted by atomic mass is 10.2. The van der Waals surface area contributed by atoms with E-state index in [1.54, 1.807) is 42.5 Å². The Balaban J connectivity index is 1.68. The molecule has 1 amide bonds. The zero-order valence-electron chi connectivity index (χ0n) is 17.7. The summed E-state index contributed by atoms with van der Waals surface area (Å²) >= 11 is 6.14. The summed E-state index contributed by atoms with van der Waals surface area (Å²) < 4.78 is 7.40. The molecule has 9 nitrogen and oxygen atoms in total. The number of carbonyl (C=O) groups is 1. The molecule has 0 saturated carbocycles. The number of amides is 1. The van der Waals surface area contributed by atoms with Crippen LogP contribution < -0.4 is 21.3 Å². The van der Waals surface area contributed by atoms with Crippen LogP contribution in [-0.4, -0.2) is 32.1 Å². The van der Waals surface area contributed by atoms with Gasteiger partial charge in [-0.3, -0.25) is 18.7 Å². The maximum absolute atomic E-state index is 13.3. The third kappa shape index (κ3) is 4.78. The molecule has 0 unspecified atom stereocenters. The van der Waals surface area contributed by atoms with Crippen LogP contribution in [0.15, 0.2) is 70.5 Å². The van der Waals surface area contributed by atoms with Gasteiger partial charge in [-0.25, -0.2) is 14.8 Å². The average Bonchev–Trinajstić information content (AvgIpc) is 2.84.